The van der Waals surface area contributed by atoms with E-state index in [-0.39, 0.29) is 24.0 Å². The molecule has 0 saturated carbocycles. The van der Waals surface area contributed by atoms with E-state index >= 15 is 0 Å². The van der Waals surface area contributed by atoms with Gasteiger partial charge < -0.3 is 15.2 Å². The third kappa shape index (κ3) is 5.93. The smallest absolute Gasteiger partial charge is 0.234 e. The Morgan fingerprint density at radius 3 is 2.35 bits per heavy atom. The molecule has 3 aromatic rings. The van der Waals surface area contributed by atoms with E-state index in [1.807, 2.05) is 38.1 Å². The topological polar surface area (TPSA) is 113 Å². The molecule has 0 aliphatic heterocycles. The van der Waals surface area contributed by atoms with Crippen molar-refractivity contribution >= 4 is 35.0 Å². The lowest BCUT2D eigenvalue weighted by Gasteiger charge is -2.08. The van der Waals surface area contributed by atoms with Gasteiger partial charge in [-0.3, -0.25) is 9.59 Å². The van der Waals surface area contributed by atoms with Crippen LogP contribution in [0.25, 0.3) is 0 Å². The van der Waals surface area contributed by atoms with Crippen LogP contribution in [0.4, 0.5) is 11.4 Å². The van der Waals surface area contributed by atoms with Gasteiger partial charge in [-0.05, 0) is 61.4 Å². The number of nitrogens with one attached hydrogen (secondary N) is 2. The van der Waals surface area contributed by atoms with E-state index in [1.54, 1.807) is 35.9 Å². The second-order valence-corrected chi connectivity index (χ2v) is 7.95. The van der Waals surface area contributed by atoms with Gasteiger partial charge in [0.05, 0.1) is 23.8 Å². The molecule has 2 amide bonds. The van der Waals surface area contributed by atoms with Crippen molar-refractivity contribution < 1.29 is 9.59 Å². The molecule has 2 aromatic carbocycles. The molecule has 0 aliphatic rings. The predicted molar refractivity (Wildman–Crippen MR) is 120 cm³/mol. The number of hydrogen-bond donors (Lipinski definition) is 2. The summed E-state index contributed by atoms with van der Waals surface area (Å²) in [5.74, 6) is 0.262. The number of carbonyl (C=O) groups is 2. The van der Waals surface area contributed by atoms with E-state index in [1.165, 1.54) is 11.8 Å². The lowest BCUT2D eigenvalue weighted by Crippen LogP contribution is -2.17. The predicted octanol–water partition coefficient (Wildman–Crippen LogP) is 3.22. The van der Waals surface area contributed by atoms with Crippen LogP contribution in [-0.2, 0) is 23.1 Å². The van der Waals surface area contributed by atoms with Crippen LogP contribution in [0.5, 0.6) is 0 Å². The molecule has 0 saturated heterocycles. The molecule has 0 fully saturated rings. The summed E-state index contributed by atoms with van der Waals surface area (Å²) in [6.45, 7) is 4.01. The van der Waals surface area contributed by atoms with Gasteiger partial charge in [0.15, 0.2) is 5.16 Å². The molecule has 158 valence electrons. The van der Waals surface area contributed by atoms with Crippen LogP contribution < -0.4 is 10.6 Å². The Hall–Kier alpha value is -3.64. The van der Waals surface area contributed by atoms with E-state index < -0.39 is 0 Å². The average Bonchev–Trinajstić information content (AvgIpc) is 3.09. The first kappa shape index (κ1) is 22.1. The molecule has 31 heavy (non-hydrogen) atoms. The average molecular weight is 435 g/mol. The van der Waals surface area contributed by atoms with Crippen molar-refractivity contribution in [2.75, 3.05) is 16.4 Å². The minimum absolute atomic E-state index is 0.0778. The molecule has 2 N–H and O–H groups in total. The van der Waals surface area contributed by atoms with Crippen LogP contribution in [0.2, 0.25) is 0 Å². The Kier molecular flexibility index (Phi) is 7.05. The highest BCUT2D eigenvalue weighted by atomic mass is 32.2. The van der Waals surface area contributed by atoms with Crippen molar-refractivity contribution in [2.45, 2.75) is 25.4 Å². The van der Waals surface area contributed by atoms with Crippen LogP contribution in [-0.4, -0.2) is 32.3 Å². The first-order chi connectivity index (χ1) is 14.9. The van der Waals surface area contributed by atoms with Gasteiger partial charge in [-0.25, -0.2) is 0 Å². The van der Waals surface area contributed by atoms with E-state index in [0.717, 1.165) is 16.8 Å². The third-order valence-electron chi connectivity index (χ3n) is 4.66. The fraction of sp³-hybridized carbons (Fsp3) is 0.227. The molecular formula is C22H22N6O2S. The molecule has 0 bridgehead atoms. The van der Waals surface area contributed by atoms with E-state index in [4.69, 9.17) is 5.26 Å². The number of thioether (sulfide) groups is 1. The maximum atomic E-state index is 12.4. The van der Waals surface area contributed by atoms with Gasteiger partial charge in [0.2, 0.25) is 11.8 Å². The molecule has 3 rings (SSSR count). The number of benzene rings is 2. The van der Waals surface area contributed by atoms with Gasteiger partial charge >= 0.3 is 0 Å². The summed E-state index contributed by atoms with van der Waals surface area (Å²) < 4.78 is 1.71. The number of anilines is 2. The highest BCUT2D eigenvalue weighted by Gasteiger charge is 2.15. The van der Waals surface area contributed by atoms with Gasteiger partial charge in [0.1, 0.15) is 5.82 Å². The summed E-state index contributed by atoms with van der Waals surface area (Å²) >= 11 is 1.23. The van der Waals surface area contributed by atoms with E-state index in [9.17, 15) is 9.59 Å². The van der Waals surface area contributed by atoms with Gasteiger partial charge in [-0.2, -0.15) is 5.26 Å². The number of rotatable bonds is 7. The fourth-order valence-corrected chi connectivity index (χ4v) is 3.48. The zero-order valence-electron chi connectivity index (χ0n) is 17.5. The number of nitriles is 1. The third-order valence-corrected chi connectivity index (χ3v) is 5.68. The largest absolute Gasteiger partial charge is 0.326 e. The monoisotopic (exact) mass is 434 g/mol. The summed E-state index contributed by atoms with van der Waals surface area (Å²) in [5, 5.41) is 23.2. The standard InChI is InChI=1S/C22H22N6O2S/c1-14-4-7-18(10-15(14)2)25-20(29)11-19-26-27-22(28(19)3)31-13-21(30)24-17-8-5-16(12-23)6-9-17/h4-10H,11,13H2,1-3H3,(H,24,30)(H,25,29). The maximum absolute atomic E-state index is 12.4. The number of hydrogen-bond acceptors (Lipinski definition) is 6. The molecule has 9 heteroatoms. The first-order valence-corrected chi connectivity index (χ1v) is 10.5. The molecular weight excluding hydrogens is 412 g/mol. The van der Waals surface area contributed by atoms with Crippen molar-refractivity contribution in [2.24, 2.45) is 7.05 Å². The summed E-state index contributed by atoms with van der Waals surface area (Å²) in [7, 11) is 1.76. The van der Waals surface area contributed by atoms with Crippen molar-refractivity contribution in [1.29, 1.82) is 5.26 Å². The molecule has 1 aromatic heterocycles. The summed E-state index contributed by atoms with van der Waals surface area (Å²) in [6.07, 6.45) is 0.0778. The lowest BCUT2D eigenvalue weighted by molar-refractivity contribution is -0.116. The van der Waals surface area contributed by atoms with Gasteiger partial charge in [0, 0.05) is 18.4 Å². The highest BCUT2D eigenvalue weighted by molar-refractivity contribution is 7.99. The van der Waals surface area contributed by atoms with Crippen molar-refractivity contribution in [3.05, 3.63) is 65.0 Å². The highest BCUT2D eigenvalue weighted by Crippen LogP contribution is 2.18. The Morgan fingerprint density at radius 1 is 1.00 bits per heavy atom. The van der Waals surface area contributed by atoms with Crippen LogP contribution >= 0.6 is 11.8 Å². The SMILES string of the molecule is Cc1ccc(NC(=O)Cc2nnc(SCC(=O)Nc3ccc(C#N)cc3)n2C)cc1C. The summed E-state index contributed by atoms with van der Waals surface area (Å²) in [6, 6.07) is 14.4. The van der Waals surface area contributed by atoms with Crippen LogP contribution in [0.1, 0.15) is 22.5 Å². The Labute approximate surface area is 184 Å². The first-order valence-electron chi connectivity index (χ1n) is 9.54. The van der Waals surface area contributed by atoms with Crippen molar-refractivity contribution in [3.63, 3.8) is 0 Å². The molecule has 0 atom stereocenters. The quantitative estimate of drug-likeness (QED) is 0.552. The Balaban J connectivity index is 1.53. The van der Waals surface area contributed by atoms with E-state index in [0.29, 0.717) is 22.2 Å². The van der Waals surface area contributed by atoms with Crippen LogP contribution in [0.3, 0.4) is 0 Å². The number of aryl methyl sites for hydroxylation is 2. The molecule has 0 radical (unpaired) electrons. The second-order valence-electron chi connectivity index (χ2n) is 7.01. The van der Waals surface area contributed by atoms with Gasteiger partial charge in [-0.15, -0.1) is 10.2 Å². The number of aromatic nitrogens is 3. The van der Waals surface area contributed by atoms with E-state index in [2.05, 4.69) is 20.8 Å². The second kappa shape index (κ2) is 9.91. The Morgan fingerprint density at radius 2 is 1.68 bits per heavy atom. The van der Waals surface area contributed by atoms with Crippen molar-refractivity contribution in [3.8, 4) is 6.07 Å². The zero-order valence-corrected chi connectivity index (χ0v) is 18.3. The molecule has 0 unspecified atom stereocenters. The molecule has 0 aliphatic carbocycles. The molecule has 1 heterocycles. The lowest BCUT2D eigenvalue weighted by atomic mass is 10.1. The summed E-state index contributed by atoms with van der Waals surface area (Å²) in [4.78, 5) is 24.5. The normalized spacial score (nSPS) is 10.4. The minimum Gasteiger partial charge on any atom is -0.326 e. The maximum Gasteiger partial charge on any atom is 0.234 e. The van der Waals surface area contributed by atoms with Gasteiger partial charge in [-0.1, -0.05) is 17.8 Å². The van der Waals surface area contributed by atoms with Crippen molar-refractivity contribution in [1.82, 2.24) is 14.8 Å². The minimum atomic E-state index is -0.202. The number of amides is 2. The van der Waals surface area contributed by atoms with Crippen LogP contribution in [0, 0.1) is 25.2 Å². The molecule has 0 spiro atoms. The number of nitrogens with zero attached hydrogens (tertiary/aromatic N) is 4. The number of carbonyl (C=O) groups excluding carboxylic acids is 2. The van der Waals surface area contributed by atoms with Crippen LogP contribution in [0.15, 0.2) is 47.6 Å². The molecule has 8 nitrogen and oxygen atoms in total. The fourth-order valence-electron chi connectivity index (χ4n) is 2.75. The summed E-state index contributed by atoms with van der Waals surface area (Å²) in [5.41, 5.74) is 4.15. The van der Waals surface area contributed by atoms with Gasteiger partial charge in [0.25, 0.3) is 0 Å². The zero-order chi connectivity index (χ0) is 22.4. The Bertz CT molecular complexity index is 1150.